The van der Waals surface area contributed by atoms with E-state index in [4.69, 9.17) is 4.74 Å². The van der Waals surface area contributed by atoms with Gasteiger partial charge in [0, 0.05) is 23.5 Å². The van der Waals surface area contributed by atoms with Crippen LogP contribution in [0.3, 0.4) is 0 Å². The fraction of sp³-hybridized carbons (Fsp3) is 0.636. The van der Waals surface area contributed by atoms with Gasteiger partial charge in [-0.2, -0.15) is 0 Å². The SMILES string of the molecule is C[C@H]1[C@H](F)[C@H](n2ccc(=O)[nH]c2=O)O[C@@]1(CO)CBr. The third-order valence-electron chi connectivity index (χ3n) is 3.55. The lowest BCUT2D eigenvalue weighted by Gasteiger charge is -2.28. The standard InChI is InChI=1S/C11H14BrFN2O4/c1-6-8(13)9(19-11(6,4-12)5-16)15-3-2-7(17)14-10(15)18/h2-3,6,8-9,16H,4-5H2,1H3,(H,14,17,18)/t6-,8-,9+,11+/m0/s1. The monoisotopic (exact) mass is 336 g/mol. The molecule has 0 unspecified atom stereocenters. The smallest absolute Gasteiger partial charge is 0.330 e. The van der Waals surface area contributed by atoms with Crippen LogP contribution in [0.2, 0.25) is 0 Å². The van der Waals surface area contributed by atoms with E-state index >= 15 is 0 Å². The van der Waals surface area contributed by atoms with Gasteiger partial charge in [0.05, 0.1) is 6.61 Å². The van der Waals surface area contributed by atoms with E-state index < -0.39 is 35.2 Å². The lowest BCUT2D eigenvalue weighted by molar-refractivity contribution is -0.0992. The van der Waals surface area contributed by atoms with E-state index in [0.717, 1.165) is 10.6 Å². The highest BCUT2D eigenvalue weighted by atomic mass is 79.9. The number of hydrogen-bond donors (Lipinski definition) is 2. The second-order valence-corrected chi connectivity index (χ2v) is 5.18. The summed E-state index contributed by atoms with van der Waals surface area (Å²) < 4.78 is 20.8. The normalized spacial score (nSPS) is 34.6. The molecule has 4 atom stereocenters. The number of aliphatic hydroxyl groups is 1. The van der Waals surface area contributed by atoms with Crippen molar-refractivity contribution in [2.24, 2.45) is 5.92 Å². The highest BCUT2D eigenvalue weighted by molar-refractivity contribution is 9.09. The van der Waals surface area contributed by atoms with Gasteiger partial charge in [-0.25, -0.2) is 9.18 Å². The van der Waals surface area contributed by atoms with E-state index in [-0.39, 0.29) is 11.9 Å². The second-order valence-electron chi connectivity index (χ2n) is 4.62. The van der Waals surface area contributed by atoms with Crippen LogP contribution in [0.25, 0.3) is 0 Å². The Morgan fingerprint density at radius 3 is 2.79 bits per heavy atom. The van der Waals surface area contributed by atoms with Gasteiger partial charge >= 0.3 is 5.69 Å². The Kier molecular flexibility index (Phi) is 3.93. The Morgan fingerprint density at radius 2 is 2.32 bits per heavy atom. The first-order valence-corrected chi connectivity index (χ1v) is 6.87. The van der Waals surface area contributed by atoms with Crippen molar-refractivity contribution in [3.63, 3.8) is 0 Å². The molecule has 0 bridgehead atoms. The molecule has 1 aliphatic rings. The summed E-state index contributed by atoms with van der Waals surface area (Å²) in [6.07, 6.45) is -1.44. The first kappa shape index (κ1) is 14.4. The van der Waals surface area contributed by atoms with Crippen molar-refractivity contribution in [3.8, 4) is 0 Å². The highest BCUT2D eigenvalue weighted by Gasteiger charge is 2.53. The molecule has 2 heterocycles. The number of nitrogens with one attached hydrogen (secondary N) is 1. The summed E-state index contributed by atoms with van der Waals surface area (Å²) in [5.41, 5.74) is -2.38. The van der Waals surface area contributed by atoms with Crippen LogP contribution in [0.15, 0.2) is 21.9 Å². The van der Waals surface area contributed by atoms with E-state index in [9.17, 15) is 19.1 Å². The topological polar surface area (TPSA) is 84.3 Å². The third kappa shape index (κ3) is 2.28. The fourth-order valence-electron chi connectivity index (χ4n) is 2.16. The van der Waals surface area contributed by atoms with E-state index in [0.29, 0.717) is 0 Å². The Labute approximate surface area is 116 Å². The molecule has 6 nitrogen and oxygen atoms in total. The van der Waals surface area contributed by atoms with Crippen LogP contribution in [-0.4, -0.2) is 38.4 Å². The number of ether oxygens (including phenoxy) is 1. The molecule has 2 rings (SSSR count). The molecule has 1 aromatic rings. The predicted octanol–water partition coefficient (Wildman–Crippen LogP) is 0.166. The lowest BCUT2D eigenvalue weighted by atomic mass is 9.90. The van der Waals surface area contributed by atoms with Gasteiger partial charge in [0.25, 0.3) is 5.56 Å². The Bertz CT molecular complexity index is 568. The average Bonchev–Trinajstić information content (AvgIpc) is 2.64. The minimum Gasteiger partial charge on any atom is -0.393 e. The van der Waals surface area contributed by atoms with Gasteiger partial charge in [0.15, 0.2) is 12.4 Å². The van der Waals surface area contributed by atoms with Crippen molar-refractivity contribution in [2.75, 3.05) is 11.9 Å². The number of halogens is 2. The number of H-pyrrole nitrogens is 1. The molecule has 19 heavy (non-hydrogen) atoms. The quantitative estimate of drug-likeness (QED) is 0.770. The van der Waals surface area contributed by atoms with Gasteiger partial charge in [-0.05, 0) is 0 Å². The van der Waals surface area contributed by atoms with Gasteiger partial charge in [0.1, 0.15) is 5.60 Å². The number of hydrogen-bond acceptors (Lipinski definition) is 4. The summed E-state index contributed by atoms with van der Waals surface area (Å²) >= 11 is 3.19. The third-order valence-corrected chi connectivity index (χ3v) is 4.50. The molecule has 0 radical (unpaired) electrons. The van der Waals surface area contributed by atoms with E-state index in [1.54, 1.807) is 6.92 Å². The second kappa shape index (κ2) is 5.18. The van der Waals surface area contributed by atoms with Gasteiger partial charge in [-0.15, -0.1) is 0 Å². The molecule has 1 saturated heterocycles. The Balaban J connectivity index is 2.42. The molecule has 1 aliphatic heterocycles. The number of rotatable bonds is 3. The minimum absolute atomic E-state index is 0.243. The molecule has 1 aromatic heterocycles. The zero-order valence-corrected chi connectivity index (χ0v) is 11.8. The number of aliphatic hydroxyl groups excluding tert-OH is 1. The average molecular weight is 337 g/mol. The summed E-state index contributed by atoms with van der Waals surface area (Å²) in [5, 5.41) is 9.66. The lowest BCUT2D eigenvalue weighted by Crippen LogP contribution is -2.41. The van der Waals surface area contributed by atoms with Crippen molar-refractivity contribution in [3.05, 3.63) is 33.1 Å². The van der Waals surface area contributed by atoms with Crippen molar-refractivity contribution >= 4 is 15.9 Å². The molecule has 8 heteroatoms. The molecule has 0 spiro atoms. The van der Waals surface area contributed by atoms with E-state index in [1.165, 1.54) is 6.20 Å². The maximum absolute atomic E-state index is 14.3. The van der Waals surface area contributed by atoms with Gasteiger partial charge in [-0.3, -0.25) is 14.3 Å². The van der Waals surface area contributed by atoms with Crippen LogP contribution >= 0.6 is 15.9 Å². The van der Waals surface area contributed by atoms with Crippen molar-refractivity contribution in [2.45, 2.75) is 24.9 Å². The van der Waals surface area contributed by atoms with Gasteiger partial charge < -0.3 is 9.84 Å². The molecular weight excluding hydrogens is 323 g/mol. The minimum atomic E-state index is -1.46. The van der Waals surface area contributed by atoms with Crippen LogP contribution in [0.5, 0.6) is 0 Å². The molecule has 2 N–H and O–H groups in total. The molecule has 0 aliphatic carbocycles. The van der Waals surface area contributed by atoms with Crippen molar-refractivity contribution < 1.29 is 14.2 Å². The highest BCUT2D eigenvalue weighted by Crippen LogP contribution is 2.43. The molecule has 106 valence electrons. The number of aromatic amines is 1. The van der Waals surface area contributed by atoms with Crippen molar-refractivity contribution in [1.29, 1.82) is 0 Å². The maximum Gasteiger partial charge on any atom is 0.330 e. The van der Waals surface area contributed by atoms with E-state index in [2.05, 4.69) is 15.9 Å². The van der Waals surface area contributed by atoms with Crippen molar-refractivity contribution in [1.82, 2.24) is 9.55 Å². The molecule has 0 aromatic carbocycles. The molecular formula is C11H14BrFN2O4. The summed E-state index contributed by atoms with van der Waals surface area (Å²) in [4.78, 5) is 24.7. The van der Waals surface area contributed by atoms with Crippen LogP contribution < -0.4 is 11.2 Å². The molecule has 0 saturated carbocycles. The zero-order chi connectivity index (χ0) is 14.2. The largest absolute Gasteiger partial charge is 0.393 e. The number of nitrogens with zero attached hydrogens (tertiary/aromatic N) is 1. The Morgan fingerprint density at radius 1 is 1.63 bits per heavy atom. The molecule has 0 amide bonds. The van der Waals surface area contributed by atoms with Crippen LogP contribution in [0.4, 0.5) is 4.39 Å². The van der Waals surface area contributed by atoms with Gasteiger partial charge in [0.2, 0.25) is 0 Å². The summed E-state index contributed by atoms with van der Waals surface area (Å²) in [6, 6.07) is 1.12. The zero-order valence-electron chi connectivity index (χ0n) is 10.2. The summed E-state index contributed by atoms with van der Waals surface area (Å²) in [5.74, 6) is -0.597. The van der Waals surface area contributed by atoms with Gasteiger partial charge in [-0.1, -0.05) is 22.9 Å². The molecule has 1 fully saturated rings. The Hall–Kier alpha value is -0.990. The van der Waals surface area contributed by atoms with Crippen LogP contribution in [-0.2, 0) is 4.74 Å². The first-order valence-electron chi connectivity index (χ1n) is 5.75. The summed E-state index contributed by atoms with van der Waals surface area (Å²) in [7, 11) is 0. The summed E-state index contributed by atoms with van der Waals surface area (Å²) in [6.45, 7) is 1.24. The van der Waals surface area contributed by atoms with E-state index in [1.807, 2.05) is 4.98 Å². The number of aromatic nitrogens is 2. The predicted molar refractivity (Wildman–Crippen MR) is 69.1 cm³/mol. The maximum atomic E-state index is 14.3. The first-order chi connectivity index (χ1) is 8.95. The fourth-order valence-corrected chi connectivity index (χ4v) is 2.98. The number of alkyl halides is 2. The van der Waals surface area contributed by atoms with Crippen LogP contribution in [0.1, 0.15) is 13.2 Å². The van der Waals surface area contributed by atoms with Crippen LogP contribution in [0, 0.1) is 5.92 Å².